The van der Waals surface area contributed by atoms with Gasteiger partial charge in [0.25, 0.3) is 11.4 Å². The monoisotopic (exact) mass is 361 g/mol. The van der Waals surface area contributed by atoms with Gasteiger partial charge in [0.15, 0.2) is 11.5 Å². The van der Waals surface area contributed by atoms with Crippen LogP contribution >= 0.6 is 0 Å². The molecule has 0 saturated carbocycles. The van der Waals surface area contributed by atoms with E-state index in [4.69, 9.17) is 14.2 Å². The molecule has 0 bridgehead atoms. The number of methoxy groups -OCH3 is 3. The Morgan fingerprint density at radius 2 is 1.50 bits per heavy atom. The normalized spacial score (nSPS) is 10.6. The summed E-state index contributed by atoms with van der Waals surface area (Å²) in [6.45, 7) is 0. The Morgan fingerprint density at radius 3 is 2.04 bits per heavy atom. The molecule has 0 aliphatic carbocycles. The Balaban J connectivity index is 2.54. The van der Waals surface area contributed by atoms with Crippen molar-refractivity contribution < 1.29 is 24.1 Å². The van der Waals surface area contributed by atoms with Crippen molar-refractivity contribution in [2.75, 3.05) is 21.3 Å². The number of rotatable bonds is 7. The number of hydrogen-bond donors (Lipinski definition) is 0. The van der Waals surface area contributed by atoms with Crippen molar-refractivity contribution >= 4 is 23.3 Å². The SMILES string of the molecule is COc1ccc(N=Cc2cc(OC)c(OC)cc2[N+](=O)[O-])c([N+](=O)[O-])c1. The number of benzene rings is 2. The molecule has 136 valence electrons. The van der Waals surface area contributed by atoms with Crippen molar-refractivity contribution in [2.45, 2.75) is 0 Å². The van der Waals surface area contributed by atoms with Gasteiger partial charge in [-0.15, -0.1) is 0 Å². The lowest BCUT2D eigenvalue weighted by Crippen LogP contribution is -1.99. The molecule has 0 amide bonds. The van der Waals surface area contributed by atoms with Crippen molar-refractivity contribution in [2.24, 2.45) is 4.99 Å². The molecule has 2 aromatic carbocycles. The first-order valence-electron chi connectivity index (χ1n) is 7.18. The van der Waals surface area contributed by atoms with E-state index in [1.807, 2.05) is 0 Å². The summed E-state index contributed by atoms with van der Waals surface area (Å²) in [6.07, 6.45) is 1.16. The van der Waals surface area contributed by atoms with E-state index in [2.05, 4.69) is 4.99 Å². The molecule has 0 spiro atoms. The highest BCUT2D eigenvalue weighted by Gasteiger charge is 2.19. The van der Waals surface area contributed by atoms with E-state index in [1.165, 1.54) is 51.7 Å². The summed E-state index contributed by atoms with van der Waals surface area (Å²) >= 11 is 0. The van der Waals surface area contributed by atoms with Gasteiger partial charge in [-0.25, -0.2) is 4.99 Å². The Bertz CT molecular complexity index is 880. The van der Waals surface area contributed by atoms with Crippen molar-refractivity contribution in [1.29, 1.82) is 0 Å². The predicted octanol–water partition coefficient (Wildman–Crippen LogP) is 3.28. The van der Waals surface area contributed by atoms with Gasteiger partial charge < -0.3 is 14.2 Å². The largest absolute Gasteiger partial charge is 0.496 e. The van der Waals surface area contributed by atoms with Crippen molar-refractivity contribution in [3.05, 3.63) is 56.1 Å². The molecule has 0 aliphatic rings. The molecule has 0 N–H and O–H groups in total. The lowest BCUT2D eigenvalue weighted by molar-refractivity contribution is -0.385. The summed E-state index contributed by atoms with van der Waals surface area (Å²) in [5.41, 5.74) is -0.427. The average molecular weight is 361 g/mol. The molecule has 10 nitrogen and oxygen atoms in total. The minimum absolute atomic E-state index is 0.0277. The summed E-state index contributed by atoms with van der Waals surface area (Å²) in [7, 11) is 4.13. The Labute approximate surface area is 147 Å². The molecule has 0 radical (unpaired) electrons. The standard InChI is InChI=1S/C16H15N3O7/c1-24-11-4-5-12(14(7-11)19(22)23)17-9-10-6-15(25-2)16(26-3)8-13(10)18(20)21/h4-9H,1-3H3. The molecule has 0 heterocycles. The number of nitro groups is 2. The van der Waals surface area contributed by atoms with Gasteiger partial charge in [0, 0.05) is 6.21 Å². The molecule has 10 heteroatoms. The van der Waals surface area contributed by atoms with Gasteiger partial charge in [-0.2, -0.15) is 0 Å². The predicted molar refractivity (Wildman–Crippen MR) is 93.1 cm³/mol. The quantitative estimate of drug-likeness (QED) is 0.420. The van der Waals surface area contributed by atoms with Crippen LogP contribution in [0.15, 0.2) is 35.3 Å². The molecule has 0 atom stereocenters. The van der Waals surface area contributed by atoms with Gasteiger partial charge in [-0.3, -0.25) is 20.2 Å². The van der Waals surface area contributed by atoms with Crippen LogP contribution in [0.1, 0.15) is 5.56 Å². The topological polar surface area (TPSA) is 126 Å². The van der Waals surface area contributed by atoms with Crippen LogP contribution in [0.25, 0.3) is 0 Å². The highest BCUT2D eigenvalue weighted by atomic mass is 16.6. The molecule has 2 aromatic rings. The molecule has 0 aromatic heterocycles. The van der Waals surface area contributed by atoms with E-state index in [0.29, 0.717) is 5.75 Å². The van der Waals surface area contributed by atoms with Gasteiger partial charge in [0.05, 0.1) is 48.9 Å². The van der Waals surface area contributed by atoms with Crippen LogP contribution in [0, 0.1) is 20.2 Å². The first-order chi connectivity index (χ1) is 12.4. The summed E-state index contributed by atoms with van der Waals surface area (Å²) in [5, 5.41) is 22.5. The number of aliphatic imine (C=N–C) groups is 1. The van der Waals surface area contributed by atoms with Crippen LogP contribution in [-0.2, 0) is 0 Å². The molecule has 0 fully saturated rings. The average Bonchev–Trinajstić information content (AvgIpc) is 2.65. The Hall–Kier alpha value is -3.69. The van der Waals surface area contributed by atoms with Crippen LogP contribution in [-0.4, -0.2) is 37.4 Å². The third-order valence-electron chi connectivity index (χ3n) is 3.45. The van der Waals surface area contributed by atoms with Crippen molar-refractivity contribution in [3.63, 3.8) is 0 Å². The van der Waals surface area contributed by atoms with Crippen molar-refractivity contribution in [3.8, 4) is 17.2 Å². The first kappa shape index (κ1) is 18.6. The fraction of sp³-hybridized carbons (Fsp3) is 0.188. The Kier molecular flexibility index (Phi) is 5.68. The van der Waals surface area contributed by atoms with Gasteiger partial charge in [-0.1, -0.05) is 0 Å². The zero-order valence-electron chi connectivity index (χ0n) is 14.2. The highest BCUT2D eigenvalue weighted by molar-refractivity contribution is 5.89. The van der Waals surface area contributed by atoms with E-state index >= 15 is 0 Å². The summed E-state index contributed by atoms with van der Waals surface area (Å²) in [4.78, 5) is 25.3. The fourth-order valence-corrected chi connectivity index (χ4v) is 2.17. The highest BCUT2D eigenvalue weighted by Crippen LogP contribution is 2.35. The number of nitro benzene ring substituents is 2. The summed E-state index contributed by atoms with van der Waals surface area (Å²) < 4.78 is 15.1. The number of hydrogen-bond acceptors (Lipinski definition) is 8. The minimum atomic E-state index is -0.613. The minimum Gasteiger partial charge on any atom is -0.496 e. The molecule has 0 unspecified atom stereocenters. The maximum Gasteiger partial charge on any atom is 0.298 e. The number of nitrogens with zero attached hydrogens (tertiary/aromatic N) is 3. The van der Waals surface area contributed by atoms with E-state index in [1.54, 1.807) is 0 Å². The third-order valence-corrected chi connectivity index (χ3v) is 3.45. The molecule has 2 rings (SSSR count). The molecule has 0 saturated heterocycles. The second-order valence-corrected chi connectivity index (χ2v) is 4.89. The lowest BCUT2D eigenvalue weighted by Gasteiger charge is -2.08. The van der Waals surface area contributed by atoms with Gasteiger partial charge >= 0.3 is 0 Å². The van der Waals surface area contributed by atoms with Crippen molar-refractivity contribution in [1.82, 2.24) is 0 Å². The molecular weight excluding hydrogens is 346 g/mol. The third kappa shape index (κ3) is 3.86. The Morgan fingerprint density at radius 1 is 0.885 bits per heavy atom. The van der Waals surface area contributed by atoms with Crippen LogP contribution in [0.5, 0.6) is 17.2 Å². The van der Waals surface area contributed by atoms with E-state index in [9.17, 15) is 20.2 Å². The van der Waals surface area contributed by atoms with Crippen LogP contribution < -0.4 is 14.2 Å². The van der Waals surface area contributed by atoms with E-state index in [-0.39, 0.29) is 34.1 Å². The van der Waals surface area contributed by atoms with Crippen LogP contribution in [0.2, 0.25) is 0 Å². The second kappa shape index (κ2) is 7.92. The maximum atomic E-state index is 11.3. The number of ether oxygens (including phenoxy) is 3. The van der Waals surface area contributed by atoms with Crippen LogP contribution in [0.4, 0.5) is 17.1 Å². The summed E-state index contributed by atoms with van der Waals surface area (Å²) in [5.74, 6) is 0.753. The van der Waals surface area contributed by atoms with E-state index < -0.39 is 9.85 Å². The van der Waals surface area contributed by atoms with Gasteiger partial charge in [0.2, 0.25) is 0 Å². The summed E-state index contributed by atoms with van der Waals surface area (Å²) in [6, 6.07) is 6.68. The lowest BCUT2D eigenvalue weighted by atomic mass is 10.1. The maximum absolute atomic E-state index is 11.3. The van der Waals surface area contributed by atoms with Gasteiger partial charge in [0.1, 0.15) is 11.4 Å². The van der Waals surface area contributed by atoms with Gasteiger partial charge in [-0.05, 0) is 18.2 Å². The van der Waals surface area contributed by atoms with E-state index in [0.717, 1.165) is 6.21 Å². The zero-order valence-corrected chi connectivity index (χ0v) is 14.2. The second-order valence-electron chi connectivity index (χ2n) is 4.89. The molecule has 0 aliphatic heterocycles. The smallest absolute Gasteiger partial charge is 0.298 e. The fourth-order valence-electron chi connectivity index (χ4n) is 2.17. The van der Waals surface area contributed by atoms with Crippen LogP contribution in [0.3, 0.4) is 0 Å². The molecular formula is C16H15N3O7. The molecule has 26 heavy (non-hydrogen) atoms. The zero-order chi connectivity index (χ0) is 19.3. The first-order valence-corrected chi connectivity index (χ1v) is 7.18.